The molecule has 0 aromatic carbocycles. The highest BCUT2D eigenvalue weighted by Crippen LogP contribution is 1.75. The molecule has 0 aromatic heterocycles. The van der Waals surface area contributed by atoms with Crippen LogP contribution in [0.5, 0.6) is 0 Å². The first-order valence-electron chi connectivity index (χ1n) is 0.921. The highest BCUT2D eigenvalue weighted by Gasteiger charge is 2.16. The standard InChI is InChI=1S/CH4O4/c2-1(3,4)5/h2-5H/p+1. The topological polar surface area (TPSA) is 83.6 Å². The fraction of sp³-hybridized carbons (Fsp3) is 1.00. The molecule has 0 saturated carbocycles. The fourth-order valence-corrected chi connectivity index (χ4v) is 0. The van der Waals surface area contributed by atoms with Crippen LogP contribution in [-0.4, -0.2) is 26.6 Å². The molecular formula is CH5O4+. The van der Waals surface area contributed by atoms with Crippen molar-refractivity contribution in [3.8, 4) is 0 Å². The van der Waals surface area contributed by atoms with Gasteiger partial charge < -0.3 is 5.11 Å². The van der Waals surface area contributed by atoms with Gasteiger partial charge in [-0.3, -0.25) is 15.3 Å². The largest absolute Gasteiger partial charge is 0.528 e. The van der Waals surface area contributed by atoms with Crippen LogP contribution in [0.4, 0.5) is 0 Å². The molecule has 0 aliphatic rings. The molecule has 0 radical (unpaired) electrons. The van der Waals surface area contributed by atoms with Crippen molar-refractivity contribution in [3.05, 3.63) is 0 Å². The molecule has 0 aliphatic heterocycles. The highest BCUT2D eigenvalue weighted by atomic mass is 16.8. The summed E-state index contributed by atoms with van der Waals surface area (Å²) in [5.74, 6) is 0. The molecule has 0 saturated heterocycles. The molecule has 0 unspecified atom stereocenters. The average Bonchev–Trinajstić information content (AvgIpc) is 0.722. The Morgan fingerprint density at radius 1 is 1.20 bits per heavy atom. The van der Waals surface area contributed by atoms with E-state index in [1.54, 1.807) is 0 Å². The first kappa shape index (κ1) is 4.84. The number of hydrogen-bond donors (Lipinski definition) is 3. The van der Waals surface area contributed by atoms with E-state index in [2.05, 4.69) is 0 Å². The Bertz CT molecular complexity index is 19.1. The molecule has 0 amide bonds. The van der Waals surface area contributed by atoms with Crippen molar-refractivity contribution in [2.75, 3.05) is 0 Å². The summed E-state index contributed by atoms with van der Waals surface area (Å²) in [4.78, 5) is 0. The maximum atomic E-state index is 7.30. The summed E-state index contributed by atoms with van der Waals surface area (Å²) in [6.45, 7) is 0. The van der Waals surface area contributed by atoms with Crippen LogP contribution < -0.4 is 0 Å². The Labute approximate surface area is 27.9 Å². The lowest BCUT2D eigenvalue weighted by molar-refractivity contribution is -0.436. The van der Waals surface area contributed by atoms with E-state index in [4.69, 9.17) is 20.4 Å². The van der Waals surface area contributed by atoms with Crippen molar-refractivity contribution in [1.82, 2.24) is 0 Å². The number of hydrogen-bond acceptors (Lipinski definition) is 3. The van der Waals surface area contributed by atoms with Crippen molar-refractivity contribution in [3.63, 3.8) is 0 Å². The van der Waals surface area contributed by atoms with Crippen molar-refractivity contribution >= 4 is 0 Å². The van der Waals surface area contributed by atoms with E-state index in [1.165, 1.54) is 0 Å². The third-order valence-electron chi connectivity index (χ3n) is 0. The molecule has 4 heteroatoms. The minimum Gasteiger partial charge on any atom is -0.369 e. The normalized spacial score (nSPS) is 12.0. The maximum absolute atomic E-state index is 7.30. The molecule has 0 aliphatic carbocycles. The van der Waals surface area contributed by atoms with Gasteiger partial charge in [0, 0.05) is 0 Å². The third-order valence-corrected chi connectivity index (χ3v) is 0. The second-order valence-corrected chi connectivity index (χ2v) is 0.635. The second kappa shape index (κ2) is 0.908. The molecule has 32 valence electrons. The van der Waals surface area contributed by atoms with E-state index in [-0.39, 0.29) is 0 Å². The van der Waals surface area contributed by atoms with E-state index >= 15 is 0 Å². The van der Waals surface area contributed by atoms with E-state index in [1.807, 2.05) is 0 Å². The summed E-state index contributed by atoms with van der Waals surface area (Å²) in [6, 6.07) is 0. The van der Waals surface area contributed by atoms with Crippen molar-refractivity contribution in [2.45, 2.75) is 6.16 Å². The van der Waals surface area contributed by atoms with Crippen LogP contribution in [0.3, 0.4) is 0 Å². The van der Waals surface area contributed by atoms with Gasteiger partial charge in [-0.1, -0.05) is 0 Å². The molecule has 4 nitrogen and oxygen atoms in total. The highest BCUT2D eigenvalue weighted by molar-refractivity contribution is 3.99. The zero-order chi connectivity index (χ0) is 4.50. The molecule has 0 aromatic rings. The molecular weight excluding hydrogens is 76.0 g/mol. The predicted octanol–water partition coefficient (Wildman–Crippen LogP) is -2.70. The lowest BCUT2D eigenvalue weighted by atomic mass is 11.2. The molecule has 0 spiro atoms. The third kappa shape index (κ3) is 508. The Morgan fingerprint density at radius 3 is 1.20 bits per heavy atom. The van der Waals surface area contributed by atoms with Crippen LogP contribution in [0.25, 0.3) is 0 Å². The van der Waals surface area contributed by atoms with Gasteiger partial charge in [-0.25, -0.2) is 0 Å². The van der Waals surface area contributed by atoms with Gasteiger partial charge in [0.1, 0.15) is 0 Å². The monoisotopic (exact) mass is 81.0 g/mol. The molecule has 0 rings (SSSR count). The Morgan fingerprint density at radius 2 is 1.20 bits per heavy atom. The predicted molar refractivity (Wildman–Crippen MR) is 13.0 cm³/mol. The molecule has 0 heterocycles. The number of rotatable bonds is 0. The molecule has 5 heavy (non-hydrogen) atoms. The molecule has 0 fully saturated rings. The summed E-state index contributed by atoms with van der Waals surface area (Å²) in [5, 5.41) is 27.5. The van der Waals surface area contributed by atoms with Gasteiger partial charge in [-0.05, 0) is 0 Å². The quantitative estimate of drug-likeness (QED) is 0.219. The van der Waals surface area contributed by atoms with Gasteiger partial charge in [0.25, 0.3) is 0 Å². The maximum Gasteiger partial charge on any atom is 0.528 e. The van der Waals surface area contributed by atoms with Crippen molar-refractivity contribution in [1.29, 1.82) is 0 Å². The van der Waals surface area contributed by atoms with E-state index < -0.39 is 6.16 Å². The first-order valence-corrected chi connectivity index (χ1v) is 0.921. The zero-order valence-corrected chi connectivity index (χ0v) is 2.34. The summed E-state index contributed by atoms with van der Waals surface area (Å²) in [7, 11) is 0. The minimum absolute atomic E-state index is 3.25. The van der Waals surface area contributed by atoms with E-state index in [0.717, 1.165) is 0 Å². The van der Waals surface area contributed by atoms with Crippen LogP contribution in [0.1, 0.15) is 0 Å². The minimum atomic E-state index is -3.25. The van der Waals surface area contributed by atoms with Gasteiger partial charge in [0.15, 0.2) is 0 Å². The van der Waals surface area contributed by atoms with Gasteiger partial charge >= 0.3 is 6.16 Å². The zero-order valence-electron chi connectivity index (χ0n) is 2.34. The smallest absolute Gasteiger partial charge is 0.369 e. The van der Waals surface area contributed by atoms with Crippen LogP contribution in [0.15, 0.2) is 0 Å². The SMILES string of the molecule is OC(O)(O)[OH2+]. The average molecular weight is 81.0 g/mol. The van der Waals surface area contributed by atoms with Gasteiger partial charge in [0.2, 0.25) is 0 Å². The Balaban J connectivity index is 3.02. The lowest BCUT2D eigenvalue weighted by Gasteiger charge is -1.93. The first-order chi connectivity index (χ1) is 2.00. The summed E-state index contributed by atoms with van der Waals surface area (Å²) >= 11 is 0. The van der Waals surface area contributed by atoms with E-state index in [0.29, 0.717) is 0 Å². The van der Waals surface area contributed by atoms with Crippen molar-refractivity contribution in [2.24, 2.45) is 0 Å². The molecule has 0 bridgehead atoms. The van der Waals surface area contributed by atoms with Crippen molar-refractivity contribution < 1.29 is 20.4 Å². The van der Waals surface area contributed by atoms with Gasteiger partial charge in [-0.2, -0.15) is 0 Å². The molecule has 5 N–H and O–H groups in total. The summed E-state index contributed by atoms with van der Waals surface area (Å²) < 4.78 is 0. The molecule has 0 atom stereocenters. The van der Waals surface area contributed by atoms with Crippen LogP contribution in [-0.2, 0) is 0 Å². The number of aliphatic hydroxyl groups is 3. The second-order valence-electron chi connectivity index (χ2n) is 0.635. The van der Waals surface area contributed by atoms with Gasteiger partial charge in [-0.15, -0.1) is 0 Å². The lowest BCUT2D eigenvalue weighted by Crippen LogP contribution is -2.25. The van der Waals surface area contributed by atoms with Crippen LogP contribution in [0.2, 0.25) is 0 Å². The van der Waals surface area contributed by atoms with Gasteiger partial charge in [0.05, 0.1) is 0 Å². The van der Waals surface area contributed by atoms with Crippen LogP contribution in [0, 0.1) is 0 Å². The summed E-state index contributed by atoms with van der Waals surface area (Å²) in [5.41, 5.74) is 0. The summed E-state index contributed by atoms with van der Waals surface area (Å²) in [6.07, 6.45) is -3.25. The Hall–Kier alpha value is -0.160. The fourth-order valence-electron chi connectivity index (χ4n) is 0. The van der Waals surface area contributed by atoms with Crippen LogP contribution >= 0.6 is 0 Å². The van der Waals surface area contributed by atoms with E-state index in [9.17, 15) is 0 Å². The Kier molecular flexibility index (Phi) is 0.879.